The van der Waals surface area contributed by atoms with Crippen LogP contribution in [0.25, 0.3) is 28.6 Å². The number of hydrogen-bond donors (Lipinski definition) is 0. The van der Waals surface area contributed by atoms with Crippen molar-refractivity contribution in [2.45, 2.75) is 46.5 Å². The maximum atomic E-state index is 5.01. The molecular formula is C25H28N2. The average Bonchev–Trinajstić information content (AvgIpc) is 2.72. The van der Waals surface area contributed by atoms with Gasteiger partial charge in [0.1, 0.15) is 0 Å². The fourth-order valence-corrected chi connectivity index (χ4v) is 3.29. The highest BCUT2D eigenvalue weighted by Crippen LogP contribution is 2.32. The molecule has 2 aromatic carbocycles. The molecule has 0 radical (unpaired) electrons. The zero-order valence-electron chi connectivity index (χ0n) is 16.6. The molecule has 3 rings (SSSR count). The molecule has 0 atom stereocenters. The molecule has 0 aliphatic carbocycles. The molecule has 0 amide bonds. The van der Waals surface area contributed by atoms with E-state index in [0.29, 0.717) is 0 Å². The van der Waals surface area contributed by atoms with Gasteiger partial charge in [0.05, 0.1) is 17.1 Å². The average molecular weight is 357 g/mol. The minimum absolute atomic E-state index is 0.960. The molecule has 0 saturated carbocycles. The molecular weight excluding hydrogens is 328 g/mol. The van der Waals surface area contributed by atoms with Crippen LogP contribution in [0.5, 0.6) is 0 Å². The van der Waals surface area contributed by atoms with Gasteiger partial charge in [0.2, 0.25) is 0 Å². The fourth-order valence-electron chi connectivity index (χ4n) is 3.29. The van der Waals surface area contributed by atoms with Crippen molar-refractivity contribution in [3.8, 4) is 22.5 Å². The maximum Gasteiger partial charge on any atom is 0.0968 e. The number of hydrogen-bond acceptors (Lipinski definition) is 2. The van der Waals surface area contributed by atoms with Crippen LogP contribution in [-0.2, 0) is 12.8 Å². The molecule has 1 heterocycles. The van der Waals surface area contributed by atoms with Crippen molar-refractivity contribution in [3.05, 3.63) is 77.6 Å². The minimum Gasteiger partial charge on any atom is -0.252 e. The van der Waals surface area contributed by atoms with Crippen molar-refractivity contribution in [1.82, 2.24) is 9.97 Å². The summed E-state index contributed by atoms with van der Waals surface area (Å²) in [6, 6.07) is 15.0. The molecule has 0 bridgehead atoms. The summed E-state index contributed by atoms with van der Waals surface area (Å²) in [4.78, 5) is 9.86. The van der Waals surface area contributed by atoms with E-state index in [1.54, 1.807) is 0 Å². The van der Waals surface area contributed by atoms with Crippen LogP contribution in [0.3, 0.4) is 0 Å². The van der Waals surface area contributed by atoms with Gasteiger partial charge in [-0.1, -0.05) is 75.4 Å². The lowest BCUT2D eigenvalue weighted by atomic mass is 9.97. The van der Waals surface area contributed by atoms with Crippen LogP contribution in [0.2, 0.25) is 0 Å². The van der Waals surface area contributed by atoms with E-state index in [-0.39, 0.29) is 0 Å². The SMILES string of the molecule is C=Cc1ccc(-c2nc(CCCC)cnc2-c2ccc(CC)cc2C)cc1. The summed E-state index contributed by atoms with van der Waals surface area (Å²) in [5.74, 6) is 0. The van der Waals surface area contributed by atoms with Gasteiger partial charge >= 0.3 is 0 Å². The Morgan fingerprint density at radius 3 is 2.41 bits per heavy atom. The molecule has 0 saturated heterocycles. The fraction of sp³-hybridized carbons (Fsp3) is 0.280. The Hall–Kier alpha value is -2.74. The van der Waals surface area contributed by atoms with Gasteiger partial charge in [-0.15, -0.1) is 0 Å². The molecule has 3 aromatic rings. The Morgan fingerprint density at radius 1 is 1.00 bits per heavy atom. The van der Waals surface area contributed by atoms with Gasteiger partial charge < -0.3 is 0 Å². The molecule has 2 nitrogen and oxygen atoms in total. The Bertz CT molecular complexity index is 924. The summed E-state index contributed by atoms with van der Waals surface area (Å²) in [7, 11) is 0. The van der Waals surface area contributed by atoms with Crippen LogP contribution in [0.4, 0.5) is 0 Å². The molecule has 2 heteroatoms. The molecule has 1 aromatic heterocycles. The number of aromatic nitrogens is 2. The Kier molecular flexibility index (Phi) is 6.18. The third-order valence-corrected chi connectivity index (χ3v) is 4.98. The lowest BCUT2D eigenvalue weighted by Gasteiger charge is -2.13. The lowest BCUT2D eigenvalue weighted by molar-refractivity contribution is 0.773. The number of rotatable bonds is 7. The van der Waals surface area contributed by atoms with Crippen LogP contribution in [0.15, 0.2) is 55.2 Å². The van der Waals surface area contributed by atoms with Gasteiger partial charge in [0.15, 0.2) is 0 Å². The highest BCUT2D eigenvalue weighted by Gasteiger charge is 2.14. The molecule has 0 unspecified atom stereocenters. The van der Waals surface area contributed by atoms with Gasteiger partial charge in [-0.3, -0.25) is 4.98 Å². The van der Waals surface area contributed by atoms with Gasteiger partial charge in [-0.05, 0) is 42.9 Å². The van der Waals surface area contributed by atoms with Gasteiger partial charge in [0.25, 0.3) is 0 Å². The Morgan fingerprint density at radius 2 is 1.78 bits per heavy atom. The first-order valence-corrected chi connectivity index (χ1v) is 9.85. The van der Waals surface area contributed by atoms with Crippen LogP contribution in [-0.4, -0.2) is 9.97 Å². The second kappa shape index (κ2) is 8.77. The summed E-state index contributed by atoms with van der Waals surface area (Å²) >= 11 is 0. The maximum absolute atomic E-state index is 5.01. The van der Waals surface area contributed by atoms with Crippen molar-refractivity contribution in [2.75, 3.05) is 0 Å². The number of unbranched alkanes of at least 4 members (excludes halogenated alkanes) is 1. The molecule has 138 valence electrons. The van der Waals surface area contributed by atoms with Gasteiger partial charge in [-0.2, -0.15) is 0 Å². The summed E-state index contributed by atoms with van der Waals surface area (Å²) in [6.45, 7) is 10.4. The topological polar surface area (TPSA) is 25.8 Å². The smallest absolute Gasteiger partial charge is 0.0968 e. The molecule has 0 fully saturated rings. The van der Waals surface area contributed by atoms with Crippen molar-refractivity contribution >= 4 is 6.08 Å². The predicted molar refractivity (Wildman–Crippen MR) is 116 cm³/mol. The second-order valence-electron chi connectivity index (χ2n) is 6.99. The molecule has 0 spiro atoms. The number of nitrogens with zero attached hydrogens (tertiary/aromatic N) is 2. The minimum atomic E-state index is 0.960. The molecule has 0 N–H and O–H groups in total. The van der Waals surface area contributed by atoms with E-state index in [4.69, 9.17) is 9.97 Å². The summed E-state index contributed by atoms with van der Waals surface area (Å²) < 4.78 is 0. The predicted octanol–water partition coefficient (Wildman–Crippen LogP) is 6.67. The van der Waals surface area contributed by atoms with Crippen molar-refractivity contribution in [2.24, 2.45) is 0 Å². The van der Waals surface area contributed by atoms with Crippen molar-refractivity contribution in [1.29, 1.82) is 0 Å². The number of benzene rings is 2. The Balaban J connectivity index is 2.13. The Labute approximate surface area is 163 Å². The number of aryl methyl sites for hydroxylation is 3. The molecule has 27 heavy (non-hydrogen) atoms. The first-order chi connectivity index (χ1) is 13.2. The van der Waals surface area contributed by atoms with E-state index >= 15 is 0 Å². The zero-order valence-corrected chi connectivity index (χ0v) is 16.6. The summed E-state index contributed by atoms with van der Waals surface area (Å²) in [5.41, 5.74) is 8.94. The third kappa shape index (κ3) is 4.33. The van der Waals surface area contributed by atoms with Crippen LogP contribution in [0.1, 0.15) is 49.1 Å². The first-order valence-electron chi connectivity index (χ1n) is 9.85. The van der Waals surface area contributed by atoms with E-state index in [1.807, 2.05) is 12.3 Å². The monoisotopic (exact) mass is 356 g/mol. The van der Waals surface area contributed by atoms with Crippen molar-refractivity contribution < 1.29 is 0 Å². The normalized spacial score (nSPS) is 10.8. The highest BCUT2D eigenvalue weighted by atomic mass is 14.8. The van der Waals surface area contributed by atoms with E-state index in [2.05, 4.69) is 69.8 Å². The first kappa shape index (κ1) is 19.0. The summed E-state index contributed by atoms with van der Waals surface area (Å²) in [5, 5.41) is 0. The zero-order chi connectivity index (χ0) is 19.2. The van der Waals surface area contributed by atoms with E-state index in [1.165, 1.54) is 11.1 Å². The lowest BCUT2D eigenvalue weighted by Crippen LogP contribution is -2.00. The van der Waals surface area contributed by atoms with E-state index in [0.717, 1.165) is 59.5 Å². The summed E-state index contributed by atoms with van der Waals surface area (Å²) in [6.07, 6.45) is 8.10. The highest BCUT2D eigenvalue weighted by molar-refractivity contribution is 5.80. The third-order valence-electron chi connectivity index (χ3n) is 4.98. The van der Waals surface area contributed by atoms with E-state index in [9.17, 15) is 0 Å². The van der Waals surface area contributed by atoms with Gasteiger partial charge in [-0.25, -0.2) is 4.98 Å². The van der Waals surface area contributed by atoms with Gasteiger partial charge in [0, 0.05) is 17.3 Å². The van der Waals surface area contributed by atoms with Crippen LogP contribution in [0, 0.1) is 6.92 Å². The van der Waals surface area contributed by atoms with Crippen LogP contribution >= 0.6 is 0 Å². The van der Waals surface area contributed by atoms with Crippen molar-refractivity contribution in [3.63, 3.8) is 0 Å². The standard InChI is InChI=1S/C25H28N2/c1-5-8-9-22-17-26-25(23-15-12-20(7-3)16-18(23)4)24(27-22)21-13-10-19(6-2)11-14-21/h6,10-17H,2,5,7-9H2,1,3-4H3. The quantitative estimate of drug-likeness (QED) is 0.472. The second-order valence-corrected chi connectivity index (χ2v) is 6.99. The van der Waals surface area contributed by atoms with E-state index < -0.39 is 0 Å². The largest absolute Gasteiger partial charge is 0.252 e. The van der Waals surface area contributed by atoms with Crippen LogP contribution < -0.4 is 0 Å². The molecule has 0 aliphatic heterocycles. The molecule has 0 aliphatic rings.